The summed E-state index contributed by atoms with van der Waals surface area (Å²) in [5.41, 5.74) is 3.59. The van der Waals surface area contributed by atoms with E-state index in [1.54, 1.807) is 11.1 Å². The average Bonchev–Trinajstić information content (AvgIpc) is 3.55. The number of aliphatic hydroxyl groups excluding tert-OH is 1. The van der Waals surface area contributed by atoms with Crippen LogP contribution >= 0.6 is 0 Å². The molecule has 0 bridgehead atoms. The van der Waals surface area contributed by atoms with Crippen LogP contribution in [0.15, 0.2) is 30.6 Å². The third-order valence-corrected chi connectivity index (χ3v) is 7.47. The predicted molar refractivity (Wildman–Crippen MR) is 135 cm³/mol. The molecule has 0 saturated heterocycles. The summed E-state index contributed by atoms with van der Waals surface area (Å²) >= 11 is 0. The quantitative estimate of drug-likeness (QED) is 0.522. The largest absolute Gasteiger partial charge is 0.452 e. The van der Waals surface area contributed by atoms with Crippen molar-refractivity contribution >= 4 is 28.7 Å². The van der Waals surface area contributed by atoms with Gasteiger partial charge in [-0.3, -0.25) is 14.4 Å². The van der Waals surface area contributed by atoms with E-state index in [1.807, 2.05) is 33.6 Å². The molecule has 192 valence electrons. The molecule has 5 rings (SSSR count). The fourth-order valence-corrected chi connectivity index (χ4v) is 5.54. The lowest BCUT2D eigenvalue weighted by Crippen LogP contribution is -2.40. The summed E-state index contributed by atoms with van der Waals surface area (Å²) < 4.78 is 8.85. The van der Waals surface area contributed by atoms with Crippen LogP contribution in [-0.4, -0.2) is 62.7 Å². The topological polar surface area (TPSA) is 115 Å². The number of aliphatic hydroxyl groups is 1. The second-order valence-corrected chi connectivity index (χ2v) is 9.76. The molecule has 2 aromatic heterocycles. The van der Waals surface area contributed by atoms with Gasteiger partial charge < -0.3 is 19.7 Å². The Morgan fingerprint density at radius 3 is 2.78 bits per heavy atom. The number of carbonyl (C=O) groups is 2. The summed E-state index contributed by atoms with van der Waals surface area (Å²) in [5, 5.41) is 16.9. The molecule has 1 fully saturated rings. The van der Waals surface area contributed by atoms with E-state index in [1.165, 1.54) is 7.11 Å². The van der Waals surface area contributed by atoms with Gasteiger partial charge >= 0.3 is 6.09 Å². The number of rotatable bonds is 7. The first-order valence-electron chi connectivity index (χ1n) is 12.8. The molecule has 10 nitrogen and oxygen atoms in total. The van der Waals surface area contributed by atoms with Gasteiger partial charge in [0.2, 0.25) is 5.91 Å². The van der Waals surface area contributed by atoms with Crippen molar-refractivity contribution < 1.29 is 19.4 Å². The monoisotopic (exact) mass is 494 g/mol. The van der Waals surface area contributed by atoms with Crippen molar-refractivity contribution in [1.82, 2.24) is 24.6 Å². The highest BCUT2D eigenvalue weighted by atomic mass is 16.5. The lowest BCUT2D eigenvalue weighted by Gasteiger charge is -2.28. The second kappa shape index (κ2) is 10.7. The van der Waals surface area contributed by atoms with Crippen LogP contribution in [0.1, 0.15) is 43.5 Å². The number of nitrogens with zero attached hydrogens (tertiary/aromatic N) is 5. The first kappa shape index (κ1) is 24.3. The molecule has 0 atom stereocenters. The molecule has 1 aromatic carbocycles. The van der Waals surface area contributed by atoms with Crippen LogP contribution < -0.4 is 10.2 Å². The number of methoxy groups -OCH3 is 1. The zero-order valence-corrected chi connectivity index (χ0v) is 20.7. The fraction of sp³-hybridized carbons (Fsp3) is 0.538. The molecular formula is C26H34N6O4. The van der Waals surface area contributed by atoms with Crippen molar-refractivity contribution in [3.8, 4) is 0 Å². The van der Waals surface area contributed by atoms with Gasteiger partial charge in [0.15, 0.2) is 0 Å². The highest BCUT2D eigenvalue weighted by Crippen LogP contribution is 2.34. The predicted octanol–water partition coefficient (Wildman–Crippen LogP) is 2.66. The van der Waals surface area contributed by atoms with Crippen molar-refractivity contribution in [2.24, 2.45) is 5.92 Å². The molecule has 2 amide bonds. The zero-order chi connectivity index (χ0) is 25.1. The van der Waals surface area contributed by atoms with Gasteiger partial charge in [0.1, 0.15) is 12.4 Å². The number of imidazole rings is 1. The van der Waals surface area contributed by atoms with Gasteiger partial charge in [0.25, 0.3) is 0 Å². The third-order valence-electron chi connectivity index (χ3n) is 7.47. The number of nitrogens with one attached hydrogen (secondary N) is 1. The maximum Gasteiger partial charge on any atom is 0.414 e. The summed E-state index contributed by atoms with van der Waals surface area (Å²) in [4.78, 5) is 32.1. The van der Waals surface area contributed by atoms with Gasteiger partial charge in [0, 0.05) is 50.1 Å². The summed E-state index contributed by atoms with van der Waals surface area (Å²) in [6.07, 6.45) is 9.22. The number of aromatic nitrogens is 4. The van der Waals surface area contributed by atoms with Crippen molar-refractivity contribution in [2.75, 3.05) is 25.2 Å². The molecule has 10 heteroatoms. The van der Waals surface area contributed by atoms with E-state index in [2.05, 4.69) is 10.4 Å². The lowest BCUT2D eigenvalue weighted by molar-refractivity contribution is -0.122. The number of hydrogen-bond donors (Lipinski definition) is 2. The summed E-state index contributed by atoms with van der Waals surface area (Å²) in [7, 11) is 1.39. The van der Waals surface area contributed by atoms with E-state index >= 15 is 0 Å². The first-order valence-corrected chi connectivity index (χ1v) is 12.8. The molecule has 1 saturated carbocycles. The maximum absolute atomic E-state index is 13.1. The number of benzene rings is 1. The molecule has 36 heavy (non-hydrogen) atoms. The third kappa shape index (κ3) is 4.95. The van der Waals surface area contributed by atoms with Gasteiger partial charge in [-0.25, -0.2) is 9.78 Å². The molecule has 0 spiro atoms. The van der Waals surface area contributed by atoms with Gasteiger partial charge in [-0.1, -0.05) is 0 Å². The maximum atomic E-state index is 13.1. The summed E-state index contributed by atoms with van der Waals surface area (Å²) in [6.45, 7) is 1.67. The minimum atomic E-state index is -0.371. The van der Waals surface area contributed by atoms with Crippen molar-refractivity contribution in [3.63, 3.8) is 0 Å². The highest BCUT2D eigenvalue weighted by molar-refractivity contribution is 5.95. The Kier molecular flexibility index (Phi) is 7.22. The Morgan fingerprint density at radius 1 is 1.22 bits per heavy atom. The van der Waals surface area contributed by atoms with E-state index in [0.29, 0.717) is 25.4 Å². The molecular weight excluding hydrogens is 460 g/mol. The Labute approximate surface area is 210 Å². The smallest absolute Gasteiger partial charge is 0.414 e. The minimum Gasteiger partial charge on any atom is -0.452 e. The SMILES string of the molecule is COC(=O)N1CCCc2c1ccc1c2nc(CCn2cccn2)n1CC(=O)N[C@H]1CC[C@H](CO)CC1. The number of aryl methyl sites for hydroxylation is 3. The van der Waals surface area contributed by atoms with Crippen LogP contribution in [0.25, 0.3) is 11.0 Å². The molecule has 2 aliphatic rings. The Bertz CT molecular complexity index is 1210. The van der Waals surface area contributed by atoms with Crippen LogP contribution in [0.3, 0.4) is 0 Å². The number of anilines is 1. The summed E-state index contributed by atoms with van der Waals surface area (Å²) in [6, 6.07) is 5.93. The van der Waals surface area contributed by atoms with Crippen LogP contribution in [-0.2, 0) is 35.5 Å². The van der Waals surface area contributed by atoms with E-state index in [0.717, 1.165) is 66.6 Å². The Balaban J connectivity index is 1.43. The normalized spacial score (nSPS) is 19.8. The van der Waals surface area contributed by atoms with Crippen molar-refractivity contribution in [1.29, 1.82) is 0 Å². The Morgan fingerprint density at radius 2 is 2.06 bits per heavy atom. The van der Waals surface area contributed by atoms with Gasteiger partial charge in [-0.15, -0.1) is 0 Å². The number of ether oxygens (including phenoxy) is 1. The van der Waals surface area contributed by atoms with Crippen LogP contribution in [0.2, 0.25) is 0 Å². The van der Waals surface area contributed by atoms with Crippen LogP contribution in [0.4, 0.5) is 10.5 Å². The van der Waals surface area contributed by atoms with Gasteiger partial charge in [-0.05, 0) is 62.6 Å². The Hall–Kier alpha value is -3.40. The zero-order valence-electron chi connectivity index (χ0n) is 20.7. The highest BCUT2D eigenvalue weighted by Gasteiger charge is 2.28. The minimum absolute atomic E-state index is 0.0315. The molecule has 1 aliphatic heterocycles. The fourth-order valence-electron chi connectivity index (χ4n) is 5.54. The van der Waals surface area contributed by atoms with Crippen molar-refractivity contribution in [3.05, 3.63) is 42.0 Å². The number of hydrogen-bond acceptors (Lipinski definition) is 6. The van der Waals surface area contributed by atoms with Crippen LogP contribution in [0, 0.1) is 5.92 Å². The summed E-state index contributed by atoms with van der Waals surface area (Å²) in [5.74, 6) is 1.14. The van der Waals surface area contributed by atoms with Crippen molar-refractivity contribution in [2.45, 2.75) is 64.1 Å². The second-order valence-electron chi connectivity index (χ2n) is 9.76. The average molecular weight is 495 g/mol. The number of amides is 2. The lowest BCUT2D eigenvalue weighted by atomic mass is 9.86. The first-order chi connectivity index (χ1) is 17.6. The van der Waals surface area contributed by atoms with E-state index in [4.69, 9.17) is 9.72 Å². The molecule has 0 radical (unpaired) electrons. The van der Waals surface area contributed by atoms with Gasteiger partial charge in [0.05, 0.1) is 23.8 Å². The molecule has 0 unspecified atom stereocenters. The molecule has 1 aliphatic carbocycles. The van der Waals surface area contributed by atoms with E-state index in [-0.39, 0.29) is 31.2 Å². The molecule has 2 N–H and O–H groups in total. The van der Waals surface area contributed by atoms with Crippen LogP contribution in [0.5, 0.6) is 0 Å². The number of carbonyl (C=O) groups excluding carboxylic acids is 2. The van der Waals surface area contributed by atoms with E-state index in [9.17, 15) is 14.7 Å². The van der Waals surface area contributed by atoms with E-state index < -0.39 is 0 Å². The molecule has 3 heterocycles. The van der Waals surface area contributed by atoms with Gasteiger partial charge in [-0.2, -0.15) is 5.10 Å². The standard InChI is InChI=1S/C26H34N6O4/c1-36-26(35)31-14-2-4-20-21(31)9-10-22-25(20)29-23(11-15-30-13-3-12-27-30)32(22)16-24(34)28-19-7-5-18(17-33)6-8-19/h3,9-10,12-13,18-19,33H,2,4-8,11,14-17H2,1H3,(H,28,34)/t18-,19-. The number of fused-ring (bicyclic) bond motifs is 3. The molecule has 3 aromatic rings.